The van der Waals surface area contributed by atoms with Gasteiger partial charge in [0.25, 0.3) is 0 Å². The van der Waals surface area contributed by atoms with Crippen molar-refractivity contribution < 1.29 is 9.53 Å². The van der Waals surface area contributed by atoms with Gasteiger partial charge in [-0.15, -0.1) is 0 Å². The zero-order valence-corrected chi connectivity index (χ0v) is 12.0. The van der Waals surface area contributed by atoms with Crippen molar-refractivity contribution in [2.75, 3.05) is 19.4 Å². The highest BCUT2D eigenvalue weighted by Gasteiger charge is 2.20. The summed E-state index contributed by atoms with van der Waals surface area (Å²) in [6.07, 6.45) is 0.918. The number of aromatic nitrogens is 2. The summed E-state index contributed by atoms with van der Waals surface area (Å²) in [5, 5.41) is 2.62. The number of ether oxygens (including phenoxy) is 1. The Morgan fingerprint density at radius 1 is 1.55 bits per heavy atom. The number of benzene rings is 1. The van der Waals surface area contributed by atoms with Gasteiger partial charge in [-0.05, 0) is 25.5 Å². The highest BCUT2D eigenvalue weighted by atomic mass is 16.5. The van der Waals surface area contributed by atoms with E-state index in [0.717, 1.165) is 11.9 Å². The van der Waals surface area contributed by atoms with Crippen LogP contribution in [-0.2, 0) is 4.79 Å². The number of carbonyl (C=O) groups is 1. The van der Waals surface area contributed by atoms with Gasteiger partial charge in [0.2, 0.25) is 11.9 Å². The molecule has 0 radical (unpaired) electrons. The Balaban J connectivity index is 2.51. The number of fused-ring (bicyclic) bond motifs is 1. The summed E-state index contributed by atoms with van der Waals surface area (Å²) >= 11 is 0. The van der Waals surface area contributed by atoms with Gasteiger partial charge in [0, 0.05) is 7.05 Å². The minimum Gasteiger partial charge on any atom is -0.491 e. The first kappa shape index (κ1) is 14.2. The molecule has 6 nitrogen and oxygen atoms in total. The van der Waals surface area contributed by atoms with Crippen LogP contribution in [-0.4, -0.2) is 29.1 Å². The number of amides is 1. The van der Waals surface area contributed by atoms with Gasteiger partial charge in [0.1, 0.15) is 17.3 Å². The lowest BCUT2D eigenvalue weighted by Gasteiger charge is -2.14. The monoisotopic (exact) mass is 276 g/mol. The Kier molecular flexibility index (Phi) is 4.12. The molecule has 2 rings (SSSR count). The number of hydrogen-bond acceptors (Lipinski definition) is 4. The lowest BCUT2D eigenvalue weighted by Crippen LogP contribution is -2.28. The van der Waals surface area contributed by atoms with Gasteiger partial charge in [-0.2, -0.15) is 0 Å². The van der Waals surface area contributed by atoms with E-state index in [2.05, 4.69) is 10.3 Å². The molecule has 108 valence electrons. The summed E-state index contributed by atoms with van der Waals surface area (Å²) in [4.78, 5) is 16.2. The summed E-state index contributed by atoms with van der Waals surface area (Å²) < 4.78 is 7.39. The quantitative estimate of drug-likeness (QED) is 0.871. The molecule has 0 spiro atoms. The van der Waals surface area contributed by atoms with Crippen molar-refractivity contribution in [1.29, 1.82) is 0 Å². The van der Waals surface area contributed by atoms with E-state index in [4.69, 9.17) is 10.5 Å². The maximum atomic E-state index is 11.8. The number of nitrogens with zero attached hydrogens (tertiary/aromatic N) is 2. The smallest absolute Gasteiger partial charge is 0.242 e. The SMILES string of the molecule is CCCOc1cccc2c1nc(N)n2C(C)C(=O)NC. The van der Waals surface area contributed by atoms with E-state index >= 15 is 0 Å². The number of nitrogens with one attached hydrogen (secondary N) is 1. The molecule has 1 aromatic carbocycles. The number of para-hydroxylation sites is 1. The van der Waals surface area contributed by atoms with Gasteiger partial charge in [0.15, 0.2) is 0 Å². The first-order valence-electron chi connectivity index (χ1n) is 6.71. The fraction of sp³-hybridized carbons (Fsp3) is 0.429. The third-order valence-electron chi connectivity index (χ3n) is 3.19. The zero-order chi connectivity index (χ0) is 14.7. The van der Waals surface area contributed by atoms with Crippen LogP contribution in [0.4, 0.5) is 5.95 Å². The molecule has 1 aromatic heterocycles. The number of rotatable bonds is 5. The molecule has 2 aromatic rings. The number of anilines is 1. The number of carbonyl (C=O) groups excluding carboxylic acids is 1. The molecule has 20 heavy (non-hydrogen) atoms. The number of hydrogen-bond donors (Lipinski definition) is 2. The van der Waals surface area contributed by atoms with Crippen molar-refractivity contribution in [3.63, 3.8) is 0 Å². The van der Waals surface area contributed by atoms with Crippen LogP contribution in [0.5, 0.6) is 5.75 Å². The minimum atomic E-state index is -0.425. The van der Waals surface area contributed by atoms with Crippen LogP contribution in [0.3, 0.4) is 0 Å². The predicted molar refractivity (Wildman–Crippen MR) is 78.7 cm³/mol. The fourth-order valence-corrected chi connectivity index (χ4v) is 2.17. The Bertz CT molecular complexity index is 621. The van der Waals surface area contributed by atoms with Crippen LogP contribution in [0, 0.1) is 0 Å². The molecular formula is C14H20N4O2. The molecule has 3 N–H and O–H groups in total. The van der Waals surface area contributed by atoms with E-state index in [-0.39, 0.29) is 5.91 Å². The van der Waals surface area contributed by atoms with Crippen molar-refractivity contribution in [3.8, 4) is 5.75 Å². The Morgan fingerprint density at radius 3 is 2.95 bits per heavy atom. The number of imidazole rings is 1. The summed E-state index contributed by atoms with van der Waals surface area (Å²) in [5.74, 6) is 0.887. The maximum absolute atomic E-state index is 11.8. The van der Waals surface area contributed by atoms with E-state index in [1.165, 1.54) is 0 Å². The first-order chi connectivity index (χ1) is 9.60. The lowest BCUT2D eigenvalue weighted by atomic mass is 10.2. The summed E-state index contributed by atoms with van der Waals surface area (Å²) in [7, 11) is 1.60. The third kappa shape index (κ3) is 2.41. The highest BCUT2D eigenvalue weighted by Crippen LogP contribution is 2.29. The van der Waals surface area contributed by atoms with Gasteiger partial charge < -0.3 is 15.8 Å². The van der Waals surface area contributed by atoms with Crippen LogP contribution in [0.25, 0.3) is 11.0 Å². The van der Waals surface area contributed by atoms with Gasteiger partial charge in [0.05, 0.1) is 12.1 Å². The number of nitrogens with two attached hydrogens (primary N) is 1. The molecule has 0 saturated heterocycles. The molecular weight excluding hydrogens is 256 g/mol. The van der Waals surface area contributed by atoms with Crippen LogP contribution in [0.2, 0.25) is 0 Å². The molecule has 1 amide bonds. The summed E-state index contributed by atoms with van der Waals surface area (Å²) in [5.41, 5.74) is 7.45. The van der Waals surface area contributed by atoms with Crippen molar-refractivity contribution in [2.24, 2.45) is 0 Å². The van der Waals surface area contributed by atoms with Gasteiger partial charge in [-0.3, -0.25) is 9.36 Å². The van der Waals surface area contributed by atoms with Gasteiger partial charge >= 0.3 is 0 Å². The molecule has 0 aliphatic carbocycles. The Hall–Kier alpha value is -2.24. The minimum absolute atomic E-state index is 0.115. The molecule has 0 saturated carbocycles. The Labute approximate surface area is 117 Å². The fourth-order valence-electron chi connectivity index (χ4n) is 2.17. The number of likely N-dealkylation sites (N-methyl/N-ethyl adjacent to an activating group) is 1. The largest absolute Gasteiger partial charge is 0.491 e. The standard InChI is InChI=1S/C14H20N4O2/c1-4-8-20-11-7-5-6-10-12(11)17-14(15)18(10)9(2)13(19)16-3/h5-7,9H,4,8H2,1-3H3,(H2,15,17)(H,16,19). The van der Waals surface area contributed by atoms with E-state index in [1.807, 2.05) is 25.1 Å². The van der Waals surface area contributed by atoms with E-state index in [1.54, 1.807) is 18.5 Å². The summed E-state index contributed by atoms with van der Waals surface area (Å²) in [6.45, 7) is 4.45. The second-order valence-electron chi connectivity index (χ2n) is 4.60. The molecule has 1 atom stereocenters. The van der Waals surface area contributed by atoms with Crippen LogP contribution < -0.4 is 15.8 Å². The van der Waals surface area contributed by atoms with Crippen molar-refractivity contribution in [2.45, 2.75) is 26.3 Å². The maximum Gasteiger partial charge on any atom is 0.242 e. The van der Waals surface area contributed by atoms with Gasteiger partial charge in [-0.25, -0.2) is 4.98 Å². The van der Waals surface area contributed by atoms with Crippen LogP contribution in [0.15, 0.2) is 18.2 Å². The van der Waals surface area contributed by atoms with Crippen molar-refractivity contribution in [1.82, 2.24) is 14.9 Å². The number of nitrogen functional groups attached to an aromatic ring is 1. The topological polar surface area (TPSA) is 82.2 Å². The second kappa shape index (κ2) is 5.81. The van der Waals surface area contributed by atoms with E-state index < -0.39 is 6.04 Å². The van der Waals surface area contributed by atoms with Crippen molar-refractivity contribution >= 4 is 22.9 Å². The summed E-state index contributed by atoms with van der Waals surface area (Å²) in [6, 6.07) is 5.20. The normalized spacial score (nSPS) is 12.3. The van der Waals surface area contributed by atoms with Crippen LogP contribution in [0.1, 0.15) is 26.3 Å². The Morgan fingerprint density at radius 2 is 2.30 bits per heavy atom. The van der Waals surface area contributed by atoms with E-state index in [0.29, 0.717) is 23.8 Å². The molecule has 1 unspecified atom stereocenters. The van der Waals surface area contributed by atoms with Crippen LogP contribution >= 0.6 is 0 Å². The third-order valence-corrected chi connectivity index (χ3v) is 3.19. The highest BCUT2D eigenvalue weighted by molar-refractivity contribution is 5.88. The molecule has 6 heteroatoms. The molecule has 0 aliphatic heterocycles. The average Bonchev–Trinajstić information content (AvgIpc) is 2.79. The van der Waals surface area contributed by atoms with Crippen molar-refractivity contribution in [3.05, 3.63) is 18.2 Å². The molecule has 0 fully saturated rings. The predicted octanol–water partition coefficient (Wildman–Crippen LogP) is 1.71. The van der Waals surface area contributed by atoms with E-state index in [9.17, 15) is 4.79 Å². The molecule has 0 bridgehead atoms. The average molecular weight is 276 g/mol. The lowest BCUT2D eigenvalue weighted by molar-refractivity contribution is -0.123. The first-order valence-corrected chi connectivity index (χ1v) is 6.71. The molecule has 0 aliphatic rings. The second-order valence-corrected chi connectivity index (χ2v) is 4.60. The zero-order valence-electron chi connectivity index (χ0n) is 12.0. The molecule has 1 heterocycles. The van der Waals surface area contributed by atoms with Gasteiger partial charge in [-0.1, -0.05) is 13.0 Å².